The van der Waals surface area contributed by atoms with E-state index >= 15 is 0 Å². The number of primary amides is 1. The van der Waals surface area contributed by atoms with Gasteiger partial charge in [-0.3, -0.25) is 9.48 Å². The fourth-order valence-corrected chi connectivity index (χ4v) is 8.27. The van der Waals surface area contributed by atoms with Crippen LogP contribution in [0.1, 0.15) is 112 Å². The highest BCUT2D eigenvalue weighted by atomic mass is 32.1. The van der Waals surface area contributed by atoms with Gasteiger partial charge in [-0.2, -0.15) is 5.10 Å². The van der Waals surface area contributed by atoms with Crippen LogP contribution in [-0.2, 0) is 4.74 Å². The van der Waals surface area contributed by atoms with Gasteiger partial charge in [-0.1, -0.05) is 19.3 Å². The van der Waals surface area contributed by atoms with Gasteiger partial charge in [-0.15, -0.1) is 11.3 Å². The molecule has 9 heteroatoms. The molecule has 0 spiro atoms. The zero-order valence-electron chi connectivity index (χ0n) is 23.3. The van der Waals surface area contributed by atoms with Crippen molar-refractivity contribution in [1.82, 2.24) is 20.0 Å². The number of hydrogen-bond acceptors (Lipinski definition) is 6. The summed E-state index contributed by atoms with van der Waals surface area (Å²) < 4.78 is 7.51. The van der Waals surface area contributed by atoms with Crippen LogP contribution in [0.15, 0.2) is 6.07 Å². The maximum atomic E-state index is 13.2. The van der Waals surface area contributed by atoms with Gasteiger partial charge in [0.05, 0.1) is 16.6 Å². The Labute approximate surface area is 230 Å². The summed E-state index contributed by atoms with van der Waals surface area (Å²) in [7, 11) is 0. The van der Waals surface area contributed by atoms with Crippen LogP contribution in [0.3, 0.4) is 0 Å². The van der Waals surface area contributed by atoms with E-state index < -0.39 is 11.7 Å². The normalized spacial score (nSPS) is 24.5. The maximum absolute atomic E-state index is 13.2. The molecule has 38 heavy (non-hydrogen) atoms. The van der Waals surface area contributed by atoms with E-state index in [1.807, 2.05) is 13.8 Å². The highest BCUT2D eigenvalue weighted by Crippen LogP contribution is 2.36. The molecule has 2 aliphatic carbocycles. The molecule has 3 heterocycles. The Morgan fingerprint density at radius 3 is 2.39 bits per heavy atom. The molecule has 0 aromatic carbocycles. The predicted molar refractivity (Wildman–Crippen MR) is 152 cm³/mol. The second-order valence-corrected chi connectivity index (χ2v) is 13.5. The molecule has 1 aliphatic heterocycles. The number of carbonyl (C=O) groups is 2. The van der Waals surface area contributed by atoms with Gasteiger partial charge < -0.3 is 20.7 Å². The Balaban J connectivity index is 1.10. The van der Waals surface area contributed by atoms with E-state index in [2.05, 4.69) is 27.9 Å². The standard InChI is InChI=1S/C29H45N5O3S/c1-19-24-17-25(38-27(24)34(32-19)23-7-5-4-6-8-23)26(35)31-21-9-11-22(12-10-21)33-15-13-20(14-16-33)18-29(2,3)37-28(30)36/h17,20-23H,4-16,18H2,1-3H3,(H2,30,36)(H,31,35). The third-order valence-corrected chi connectivity index (χ3v) is 10.2. The van der Waals surface area contributed by atoms with Crippen LogP contribution >= 0.6 is 11.3 Å². The molecule has 8 nitrogen and oxygen atoms in total. The molecular weight excluding hydrogens is 498 g/mol. The van der Waals surface area contributed by atoms with Gasteiger partial charge >= 0.3 is 6.09 Å². The van der Waals surface area contributed by atoms with E-state index in [0.717, 1.165) is 78.8 Å². The van der Waals surface area contributed by atoms with E-state index in [0.29, 0.717) is 18.0 Å². The maximum Gasteiger partial charge on any atom is 0.405 e. The number of nitrogens with zero attached hydrogens (tertiary/aromatic N) is 3. The van der Waals surface area contributed by atoms with Crippen LogP contribution in [0.4, 0.5) is 4.79 Å². The molecule has 1 saturated heterocycles. The summed E-state index contributed by atoms with van der Waals surface area (Å²) in [5.74, 6) is 0.636. The van der Waals surface area contributed by atoms with Gasteiger partial charge in [0.15, 0.2) is 0 Å². The smallest absolute Gasteiger partial charge is 0.405 e. The Bertz CT molecular complexity index is 1120. The van der Waals surface area contributed by atoms with Crippen molar-refractivity contribution >= 4 is 33.6 Å². The van der Waals surface area contributed by atoms with Crippen molar-refractivity contribution in [2.45, 2.75) is 122 Å². The number of carbonyl (C=O) groups excluding carboxylic acids is 2. The number of fused-ring (bicyclic) bond motifs is 1. The number of thiophene rings is 1. The summed E-state index contributed by atoms with van der Waals surface area (Å²) in [5.41, 5.74) is 5.77. The summed E-state index contributed by atoms with van der Waals surface area (Å²) in [6.07, 6.45) is 13.0. The Hall–Kier alpha value is -2.13. The number of likely N-dealkylation sites (tertiary alicyclic amines) is 1. The number of nitrogens with two attached hydrogens (primary N) is 1. The van der Waals surface area contributed by atoms with Gasteiger partial charge in [-0.05, 0) is 104 Å². The molecule has 0 radical (unpaired) electrons. The second-order valence-electron chi connectivity index (χ2n) is 12.5. The van der Waals surface area contributed by atoms with E-state index in [4.69, 9.17) is 15.6 Å². The van der Waals surface area contributed by atoms with E-state index in [1.54, 1.807) is 11.3 Å². The number of piperidine rings is 1. The molecule has 0 bridgehead atoms. The number of amides is 2. The first-order chi connectivity index (χ1) is 18.2. The third-order valence-electron chi connectivity index (χ3n) is 9.07. The lowest BCUT2D eigenvalue weighted by molar-refractivity contribution is 0.0118. The first-order valence-electron chi connectivity index (χ1n) is 14.7. The van der Waals surface area contributed by atoms with Crippen molar-refractivity contribution in [3.05, 3.63) is 16.6 Å². The minimum absolute atomic E-state index is 0.0749. The third kappa shape index (κ3) is 6.36. The summed E-state index contributed by atoms with van der Waals surface area (Å²) in [5, 5.41) is 9.33. The largest absolute Gasteiger partial charge is 0.444 e. The number of nitrogens with one attached hydrogen (secondary N) is 1. The number of ether oxygens (including phenoxy) is 1. The molecule has 0 atom stereocenters. The molecule has 3 aliphatic rings. The van der Waals surface area contributed by atoms with Crippen molar-refractivity contribution in [3.8, 4) is 0 Å². The fraction of sp³-hybridized carbons (Fsp3) is 0.759. The number of rotatable bonds is 7. The fourth-order valence-electron chi connectivity index (χ4n) is 7.13. The topological polar surface area (TPSA) is 102 Å². The molecule has 2 aromatic rings. The molecule has 2 saturated carbocycles. The zero-order valence-corrected chi connectivity index (χ0v) is 24.2. The second kappa shape index (κ2) is 11.5. The average molecular weight is 544 g/mol. The number of hydrogen-bond donors (Lipinski definition) is 2. The lowest BCUT2D eigenvalue weighted by Gasteiger charge is -2.42. The summed E-state index contributed by atoms with van der Waals surface area (Å²) in [6, 6.07) is 3.39. The van der Waals surface area contributed by atoms with Gasteiger partial charge in [0.2, 0.25) is 0 Å². The molecular formula is C29H45N5O3S. The van der Waals surface area contributed by atoms with Crippen molar-refractivity contribution in [3.63, 3.8) is 0 Å². The molecule has 3 N–H and O–H groups in total. The van der Waals surface area contributed by atoms with Crippen molar-refractivity contribution in [2.75, 3.05) is 13.1 Å². The van der Waals surface area contributed by atoms with Crippen LogP contribution in [0.5, 0.6) is 0 Å². The van der Waals surface area contributed by atoms with Crippen molar-refractivity contribution in [1.29, 1.82) is 0 Å². The first kappa shape index (κ1) is 27.4. The molecule has 3 fully saturated rings. The minimum atomic E-state index is -0.690. The Morgan fingerprint density at radius 1 is 1.05 bits per heavy atom. The molecule has 210 valence electrons. The number of aryl methyl sites for hydroxylation is 1. The van der Waals surface area contributed by atoms with Crippen LogP contribution in [0, 0.1) is 12.8 Å². The van der Waals surface area contributed by atoms with Crippen molar-refractivity contribution < 1.29 is 14.3 Å². The van der Waals surface area contributed by atoms with Crippen LogP contribution < -0.4 is 11.1 Å². The SMILES string of the molecule is Cc1nn(C2CCCCC2)c2sc(C(=O)NC3CCC(N4CCC(CC(C)(C)OC(N)=O)CC4)CC3)cc12. The summed E-state index contributed by atoms with van der Waals surface area (Å²) in [4.78, 5) is 29.0. The van der Waals surface area contributed by atoms with Crippen molar-refractivity contribution in [2.24, 2.45) is 11.7 Å². The summed E-state index contributed by atoms with van der Waals surface area (Å²) in [6.45, 7) is 8.16. The Morgan fingerprint density at radius 2 is 1.74 bits per heavy atom. The first-order valence-corrected chi connectivity index (χ1v) is 15.5. The van der Waals surface area contributed by atoms with Gasteiger partial charge in [0.1, 0.15) is 10.4 Å². The van der Waals surface area contributed by atoms with E-state index in [-0.39, 0.29) is 11.9 Å². The minimum Gasteiger partial charge on any atom is -0.444 e. The number of aromatic nitrogens is 2. The predicted octanol–water partition coefficient (Wildman–Crippen LogP) is 5.93. The highest BCUT2D eigenvalue weighted by Gasteiger charge is 2.33. The zero-order chi connectivity index (χ0) is 26.9. The Kier molecular flexibility index (Phi) is 8.33. The van der Waals surface area contributed by atoms with Crippen LogP contribution in [0.25, 0.3) is 10.2 Å². The van der Waals surface area contributed by atoms with E-state index in [9.17, 15) is 9.59 Å². The molecule has 5 rings (SSSR count). The lowest BCUT2D eigenvalue weighted by Crippen LogP contribution is -2.47. The van der Waals surface area contributed by atoms with E-state index in [1.165, 1.54) is 32.1 Å². The molecule has 0 unspecified atom stereocenters. The molecule has 2 aromatic heterocycles. The van der Waals surface area contributed by atoms with Crippen LogP contribution in [-0.4, -0.2) is 57.5 Å². The lowest BCUT2D eigenvalue weighted by atomic mass is 9.84. The summed E-state index contributed by atoms with van der Waals surface area (Å²) >= 11 is 1.61. The highest BCUT2D eigenvalue weighted by molar-refractivity contribution is 7.20. The average Bonchev–Trinajstić information content (AvgIpc) is 3.45. The van der Waals surface area contributed by atoms with Crippen LogP contribution in [0.2, 0.25) is 0 Å². The quantitative estimate of drug-likeness (QED) is 0.451. The van der Waals surface area contributed by atoms with Gasteiger partial charge in [0, 0.05) is 17.5 Å². The monoisotopic (exact) mass is 543 g/mol. The molecule has 2 amide bonds. The van der Waals surface area contributed by atoms with Gasteiger partial charge in [0.25, 0.3) is 5.91 Å². The van der Waals surface area contributed by atoms with Gasteiger partial charge in [-0.25, -0.2) is 4.79 Å².